The summed E-state index contributed by atoms with van der Waals surface area (Å²) in [6.07, 6.45) is -23.0. The van der Waals surface area contributed by atoms with Crippen molar-refractivity contribution in [1.29, 1.82) is 0 Å². The van der Waals surface area contributed by atoms with Crippen LogP contribution in [0, 0.1) is 0 Å². The number of aliphatic hydroxyl groups excluding tert-OH is 8. The van der Waals surface area contributed by atoms with E-state index in [-0.39, 0.29) is 23.3 Å². The minimum absolute atomic E-state index is 0.0173. The third-order valence-electron chi connectivity index (χ3n) is 9.26. The quantitative estimate of drug-likeness (QED) is 0.0367. The second-order valence-corrected chi connectivity index (χ2v) is 15.0. The normalized spacial score (nSPS) is 36.2. The predicted octanol–water partition coefficient (Wildman–Crippen LogP) is -6.38. The van der Waals surface area contributed by atoms with Crippen molar-refractivity contribution in [3.05, 3.63) is 0 Å². The van der Waals surface area contributed by atoms with Crippen LogP contribution in [0.5, 0.6) is 0 Å². The van der Waals surface area contributed by atoms with Crippen LogP contribution in [0.25, 0.3) is 0 Å². The lowest BCUT2D eigenvalue weighted by atomic mass is 9.96. The van der Waals surface area contributed by atoms with E-state index in [2.05, 4.69) is 31.5 Å². The molecule has 0 radical (unpaired) electrons. The fraction of sp³-hybridized carbons (Fsp3) is 0.844. The molecule has 0 bridgehead atoms. The molecule has 27 heteroatoms. The fourth-order valence-corrected chi connectivity index (χ4v) is 6.59. The van der Waals surface area contributed by atoms with Gasteiger partial charge in [-0.05, 0) is 31.4 Å². The van der Waals surface area contributed by atoms with E-state index in [1.165, 1.54) is 0 Å². The first kappa shape index (κ1) is 48.5. The number of esters is 3. The molecule has 4 rings (SSSR count). The summed E-state index contributed by atoms with van der Waals surface area (Å²) in [4.78, 5) is 36.9. The molecule has 4 heterocycles. The van der Waals surface area contributed by atoms with Crippen molar-refractivity contribution in [2.75, 3.05) is 39.5 Å². The largest absolute Gasteiger partial charge is 0.456 e. The number of nitrogens with zero attached hydrogens (tertiary/aromatic N) is 2. The number of hydrogen-bond donors (Lipinski definition) is 12. The molecule has 3 fully saturated rings. The van der Waals surface area contributed by atoms with E-state index < -0.39 is 148 Å². The smallest absolute Gasteiger partial charge is 0.303 e. The average molecular weight is 889 g/mol. The van der Waals surface area contributed by atoms with Gasteiger partial charge in [0.2, 0.25) is 5.66 Å². The third kappa shape index (κ3) is 13.4. The highest BCUT2D eigenvalue weighted by Gasteiger charge is 2.52. The van der Waals surface area contributed by atoms with Gasteiger partial charge in [0, 0.05) is 27.3 Å². The highest BCUT2D eigenvalue weighted by Crippen LogP contribution is 2.29. The zero-order valence-electron chi connectivity index (χ0n) is 32.3. The zero-order chi connectivity index (χ0) is 43.8. The lowest BCUT2D eigenvalue weighted by Crippen LogP contribution is -2.67. The Hall–Kier alpha value is -3.13. The second-order valence-electron chi connectivity index (χ2n) is 14.2. The van der Waals surface area contributed by atoms with Gasteiger partial charge in [-0.25, -0.2) is 0 Å². The molecule has 0 aromatic rings. The number of nitrogens with one attached hydrogen (secondary N) is 4. The van der Waals surface area contributed by atoms with Gasteiger partial charge in [0.05, 0.1) is 39.0 Å². The van der Waals surface area contributed by atoms with E-state index in [9.17, 15) is 55.2 Å². The minimum atomic E-state index is -1.78. The molecule has 0 amide bonds. The molecule has 4 aliphatic rings. The Labute approximate surface area is 347 Å². The van der Waals surface area contributed by atoms with Gasteiger partial charge in [0.1, 0.15) is 54.9 Å². The molecule has 0 saturated carbocycles. The van der Waals surface area contributed by atoms with Gasteiger partial charge in [-0.3, -0.25) is 14.4 Å². The van der Waals surface area contributed by atoms with Gasteiger partial charge < -0.3 is 100 Å². The van der Waals surface area contributed by atoms with Crippen molar-refractivity contribution in [2.45, 2.75) is 131 Å². The summed E-state index contributed by atoms with van der Waals surface area (Å²) < 4.78 is 44.9. The monoisotopic (exact) mass is 888 g/mol. The molecule has 4 aliphatic heterocycles. The molecule has 3 saturated heterocycles. The van der Waals surface area contributed by atoms with E-state index in [1.807, 2.05) is 0 Å². The van der Waals surface area contributed by atoms with E-state index >= 15 is 0 Å². The second kappa shape index (κ2) is 21.6. The van der Waals surface area contributed by atoms with E-state index in [0.717, 1.165) is 20.8 Å². The van der Waals surface area contributed by atoms with Crippen molar-refractivity contribution >= 4 is 52.6 Å². The molecule has 0 aromatic heterocycles. The average Bonchev–Trinajstić information content (AvgIpc) is 3.92. The molecule has 12 N–H and O–H groups in total. The first-order chi connectivity index (χ1) is 27.8. The molecule has 0 aliphatic carbocycles. The van der Waals surface area contributed by atoms with Gasteiger partial charge in [0.15, 0.2) is 47.3 Å². The summed E-state index contributed by atoms with van der Waals surface area (Å²) in [5.74, 6) is -2.43. The summed E-state index contributed by atoms with van der Waals surface area (Å²) in [6.45, 7) is 2.55. The first-order valence-electron chi connectivity index (χ1n) is 18.3. The molecular weight excluding hydrogens is 837 g/mol. The van der Waals surface area contributed by atoms with Crippen LogP contribution < -0.4 is 21.3 Å². The highest BCUT2D eigenvalue weighted by molar-refractivity contribution is 7.80. The molecule has 336 valence electrons. The van der Waals surface area contributed by atoms with Gasteiger partial charge in [-0.1, -0.05) is 0 Å². The fourth-order valence-electron chi connectivity index (χ4n) is 6.15. The molecule has 0 aromatic carbocycles. The van der Waals surface area contributed by atoms with Gasteiger partial charge in [-0.2, -0.15) is 10.2 Å². The molecule has 0 spiro atoms. The number of thiocarbonyl (C=S) groups is 2. The molecule has 0 unspecified atom stereocenters. The Bertz CT molecular complexity index is 1460. The van der Waals surface area contributed by atoms with Crippen molar-refractivity contribution < 1.29 is 93.1 Å². The number of hydrogen-bond acceptors (Lipinski definition) is 23. The summed E-state index contributed by atoms with van der Waals surface area (Å²) in [5, 5.41) is 100. The van der Waals surface area contributed by atoms with Crippen LogP contribution in [0.4, 0.5) is 0 Å². The van der Waals surface area contributed by atoms with Crippen LogP contribution in [-0.4, -0.2) is 212 Å². The Balaban J connectivity index is 1.52. The van der Waals surface area contributed by atoms with Crippen LogP contribution in [0.1, 0.15) is 27.7 Å². The van der Waals surface area contributed by atoms with Gasteiger partial charge >= 0.3 is 17.9 Å². The molecule has 15 atom stereocenters. The predicted molar refractivity (Wildman–Crippen MR) is 199 cm³/mol. The zero-order valence-corrected chi connectivity index (χ0v) is 33.9. The van der Waals surface area contributed by atoms with E-state index in [1.54, 1.807) is 6.92 Å². The summed E-state index contributed by atoms with van der Waals surface area (Å²) in [5.41, 5.74) is -0.693. The topological polar surface area (TPSA) is 360 Å². The number of ether oxygens (including phenoxy) is 8. The lowest BCUT2D eigenvalue weighted by molar-refractivity contribution is -0.309. The van der Waals surface area contributed by atoms with Crippen molar-refractivity contribution in [3.8, 4) is 0 Å². The van der Waals surface area contributed by atoms with Crippen molar-refractivity contribution in [1.82, 2.24) is 21.3 Å². The van der Waals surface area contributed by atoms with Crippen LogP contribution in [0.3, 0.4) is 0 Å². The third-order valence-corrected chi connectivity index (χ3v) is 9.78. The summed E-state index contributed by atoms with van der Waals surface area (Å²) in [6, 6.07) is -1.07. The Morgan fingerprint density at radius 3 is 1.59 bits per heavy atom. The summed E-state index contributed by atoms with van der Waals surface area (Å²) in [7, 11) is 0. The van der Waals surface area contributed by atoms with Gasteiger partial charge in [0.25, 0.3) is 0 Å². The molecule has 59 heavy (non-hydrogen) atoms. The first-order valence-corrected chi connectivity index (χ1v) is 19.1. The van der Waals surface area contributed by atoms with Crippen LogP contribution in [0.15, 0.2) is 10.2 Å². The lowest BCUT2D eigenvalue weighted by Gasteiger charge is -2.45. The molecular formula is C32H52N6O19S2. The number of carbonyl (C=O) groups is 3. The maximum Gasteiger partial charge on any atom is 0.303 e. The standard InChI is InChI=1S/C32H52N6O19S2/c1-11(41)52-24-15(55-27(36-31(59)34-10-32(4)37-38-32)26(54-13(3)43)25(24)53-12(2)42)5-33-30(58)35-14(8-50-28-22(48)20(46)18(44)16(6-39)56-28)9-51-29-23(49)21(47)19(45)17(7-40)57-29/h14-29,39-40,44-49H,5-10H2,1-4H3,(H2,33,35,58)(H2,34,36,59)/t15-,16-,17-,18-,19-,20+,21+,22+,23+,24-,25+,26+,27+,28+,29+/m1/s1. The minimum Gasteiger partial charge on any atom is -0.456 e. The van der Waals surface area contributed by atoms with Crippen LogP contribution in [-0.2, 0) is 52.3 Å². The maximum atomic E-state index is 12.3. The highest BCUT2D eigenvalue weighted by atomic mass is 32.1. The van der Waals surface area contributed by atoms with Crippen LogP contribution >= 0.6 is 24.4 Å². The van der Waals surface area contributed by atoms with Crippen LogP contribution in [0.2, 0.25) is 0 Å². The number of aliphatic hydroxyl groups is 8. The van der Waals surface area contributed by atoms with E-state index in [0.29, 0.717) is 0 Å². The molecule has 25 nitrogen and oxygen atoms in total. The maximum absolute atomic E-state index is 12.3. The number of carbonyl (C=O) groups excluding carboxylic acids is 3. The Morgan fingerprint density at radius 1 is 0.661 bits per heavy atom. The Morgan fingerprint density at radius 2 is 1.14 bits per heavy atom. The van der Waals surface area contributed by atoms with Gasteiger partial charge in [-0.15, -0.1) is 0 Å². The number of rotatable bonds is 17. The van der Waals surface area contributed by atoms with Crippen molar-refractivity contribution in [3.63, 3.8) is 0 Å². The van der Waals surface area contributed by atoms with Crippen molar-refractivity contribution in [2.24, 2.45) is 10.2 Å². The SMILES string of the molecule is CC(=O)O[C@H]1[C@H](OC(C)=O)[C@@H](CNC(=S)NC(CO[C@H]2O[C@H](CO)[C@@H](O)[C@H](O)[C@@H]2O)CO[C@H]2O[C@H](CO)[C@@H](O)[C@H](O)[C@@H]2O)O[C@H](NC(=S)NCC2(C)N=N2)[C@H]1OC(C)=O. The van der Waals surface area contributed by atoms with E-state index in [4.69, 9.17) is 62.3 Å². The summed E-state index contributed by atoms with van der Waals surface area (Å²) >= 11 is 10.9. The Kier molecular flexibility index (Phi) is 17.8.